The number of nitrogens with one attached hydrogen (secondary N) is 1. The number of hydrogen-bond acceptors (Lipinski definition) is 3. The Hall–Kier alpha value is -1.65. The maximum Gasteiger partial charge on any atom is 0.295 e. The first-order chi connectivity index (χ1) is 8.87. The molecule has 0 amide bonds. The van der Waals surface area contributed by atoms with Crippen LogP contribution in [0.3, 0.4) is 0 Å². The molecule has 5 heteroatoms. The molecule has 4 nitrogen and oxygen atoms in total. The molecule has 104 valence electrons. The number of rotatable bonds is 3. The molecule has 1 atom stereocenters. The maximum absolute atomic E-state index is 13.1. The zero-order valence-electron chi connectivity index (χ0n) is 11.3. The van der Waals surface area contributed by atoms with Gasteiger partial charge in [0.25, 0.3) is 5.69 Å². The average Bonchev–Trinajstić information content (AvgIpc) is 2.30. The van der Waals surface area contributed by atoms with Gasteiger partial charge in [-0.05, 0) is 36.8 Å². The molecular weight excluding hydrogens is 247 g/mol. The minimum Gasteiger partial charge on any atom is -0.377 e. The van der Waals surface area contributed by atoms with Gasteiger partial charge in [0.1, 0.15) is 11.5 Å². The van der Waals surface area contributed by atoms with Crippen LogP contribution < -0.4 is 5.32 Å². The van der Waals surface area contributed by atoms with Gasteiger partial charge in [-0.3, -0.25) is 10.1 Å². The molecule has 0 heterocycles. The molecule has 0 aromatic heterocycles. The SMILES string of the molecule is CC1(C)CCCC(Nc2ccc(F)cc2[N+](=O)[O-])C1. The first-order valence-electron chi connectivity index (χ1n) is 6.58. The van der Waals surface area contributed by atoms with Crippen LogP contribution in [0.25, 0.3) is 0 Å². The van der Waals surface area contributed by atoms with Gasteiger partial charge in [-0.15, -0.1) is 0 Å². The van der Waals surface area contributed by atoms with Gasteiger partial charge in [-0.1, -0.05) is 20.3 Å². The van der Waals surface area contributed by atoms with Crippen molar-refractivity contribution in [1.82, 2.24) is 0 Å². The van der Waals surface area contributed by atoms with Crippen molar-refractivity contribution in [2.24, 2.45) is 5.41 Å². The van der Waals surface area contributed by atoms with Crippen LogP contribution in [-0.2, 0) is 0 Å². The molecule has 1 aromatic rings. The van der Waals surface area contributed by atoms with Gasteiger partial charge in [-0.2, -0.15) is 0 Å². The molecule has 0 spiro atoms. The molecule has 0 saturated heterocycles. The molecular formula is C14H19FN2O2. The minimum absolute atomic E-state index is 0.191. The van der Waals surface area contributed by atoms with Gasteiger partial charge in [0.05, 0.1) is 11.0 Å². The van der Waals surface area contributed by atoms with E-state index in [1.165, 1.54) is 18.6 Å². The largest absolute Gasteiger partial charge is 0.377 e. The Labute approximate surface area is 112 Å². The van der Waals surface area contributed by atoms with E-state index in [-0.39, 0.29) is 17.1 Å². The van der Waals surface area contributed by atoms with Crippen LogP contribution in [0.1, 0.15) is 39.5 Å². The first kappa shape index (κ1) is 13.8. The fourth-order valence-electron chi connectivity index (χ4n) is 2.82. The van der Waals surface area contributed by atoms with Crippen LogP contribution in [0.4, 0.5) is 15.8 Å². The topological polar surface area (TPSA) is 55.2 Å². The van der Waals surface area contributed by atoms with E-state index in [1.54, 1.807) is 0 Å². The highest BCUT2D eigenvalue weighted by atomic mass is 19.1. The number of nitro benzene ring substituents is 1. The Kier molecular flexibility index (Phi) is 3.73. The molecule has 0 radical (unpaired) electrons. The molecule has 1 fully saturated rings. The molecule has 1 N–H and O–H groups in total. The third-order valence-electron chi connectivity index (χ3n) is 3.72. The van der Waals surface area contributed by atoms with Crippen LogP contribution in [0.15, 0.2) is 18.2 Å². The lowest BCUT2D eigenvalue weighted by molar-refractivity contribution is -0.384. The Bertz CT molecular complexity index is 488. The van der Waals surface area contributed by atoms with Crippen molar-refractivity contribution in [2.75, 3.05) is 5.32 Å². The Morgan fingerprint density at radius 1 is 1.47 bits per heavy atom. The number of hydrogen-bond donors (Lipinski definition) is 1. The predicted octanol–water partition coefficient (Wildman–Crippen LogP) is 4.11. The second-order valence-electron chi connectivity index (χ2n) is 6.02. The molecule has 2 rings (SSSR count). The summed E-state index contributed by atoms with van der Waals surface area (Å²) in [6.07, 6.45) is 4.26. The van der Waals surface area contributed by atoms with E-state index >= 15 is 0 Å². The zero-order chi connectivity index (χ0) is 14.0. The molecule has 1 aliphatic carbocycles. The van der Waals surface area contributed by atoms with Crippen molar-refractivity contribution in [1.29, 1.82) is 0 Å². The summed E-state index contributed by atoms with van der Waals surface area (Å²) < 4.78 is 13.1. The number of benzene rings is 1. The van der Waals surface area contributed by atoms with E-state index in [2.05, 4.69) is 19.2 Å². The normalized spacial score (nSPS) is 21.9. The summed E-state index contributed by atoms with van der Waals surface area (Å²) >= 11 is 0. The van der Waals surface area contributed by atoms with Crippen LogP contribution in [0, 0.1) is 21.3 Å². The molecule has 1 unspecified atom stereocenters. The molecule has 1 aromatic carbocycles. The molecule has 1 aliphatic rings. The monoisotopic (exact) mass is 266 g/mol. The standard InChI is InChI=1S/C14H19FN2O2/c1-14(2)7-3-4-11(9-14)16-12-6-5-10(15)8-13(12)17(18)19/h5-6,8,11,16H,3-4,7,9H2,1-2H3. The van der Waals surface area contributed by atoms with Crippen molar-refractivity contribution in [3.63, 3.8) is 0 Å². The van der Waals surface area contributed by atoms with Crippen molar-refractivity contribution < 1.29 is 9.31 Å². The summed E-state index contributed by atoms with van der Waals surface area (Å²) in [6, 6.07) is 3.89. The van der Waals surface area contributed by atoms with E-state index in [4.69, 9.17) is 0 Å². The highest BCUT2D eigenvalue weighted by Crippen LogP contribution is 2.37. The van der Waals surface area contributed by atoms with Crippen molar-refractivity contribution in [3.05, 3.63) is 34.1 Å². The molecule has 0 aliphatic heterocycles. The fraction of sp³-hybridized carbons (Fsp3) is 0.571. The van der Waals surface area contributed by atoms with Gasteiger partial charge < -0.3 is 5.32 Å². The van der Waals surface area contributed by atoms with Crippen LogP contribution in [-0.4, -0.2) is 11.0 Å². The first-order valence-corrected chi connectivity index (χ1v) is 6.58. The lowest BCUT2D eigenvalue weighted by Crippen LogP contribution is -2.31. The third kappa shape index (κ3) is 3.43. The van der Waals surface area contributed by atoms with Crippen LogP contribution in [0.5, 0.6) is 0 Å². The second kappa shape index (κ2) is 5.15. The highest BCUT2D eigenvalue weighted by Gasteiger charge is 2.29. The van der Waals surface area contributed by atoms with Crippen molar-refractivity contribution in [2.45, 2.75) is 45.6 Å². The van der Waals surface area contributed by atoms with E-state index in [1.807, 2.05) is 0 Å². The Morgan fingerprint density at radius 3 is 2.84 bits per heavy atom. The Balaban J connectivity index is 2.17. The number of nitro groups is 1. The lowest BCUT2D eigenvalue weighted by Gasteiger charge is -2.35. The van der Waals surface area contributed by atoms with Gasteiger partial charge in [-0.25, -0.2) is 4.39 Å². The predicted molar refractivity (Wildman–Crippen MR) is 72.7 cm³/mol. The quantitative estimate of drug-likeness (QED) is 0.661. The van der Waals surface area contributed by atoms with Gasteiger partial charge in [0.15, 0.2) is 0 Å². The summed E-state index contributed by atoms with van der Waals surface area (Å²) in [5.74, 6) is -0.582. The van der Waals surface area contributed by atoms with E-state index in [0.29, 0.717) is 5.69 Å². The van der Waals surface area contributed by atoms with Gasteiger partial charge in [0, 0.05) is 6.04 Å². The smallest absolute Gasteiger partial charge is 0.295 e. The number of nitrogens with zero attached hydrogens (tertiary/aromatic N) is 1. The van der Waals surface area contributed by atoms with Crippen molar-refractivity contribution >= 4 is 11.4 Å². The molecule has 0 bridgehead atoms. The maximum atomic E-state index is 13.1. The zero-order valence-corrected chi connectivity index (χ0v) is 11.3. The van der Waals surface area contributed by atoms with Gasteiger partial charge >= 0.3 is 0 Å². The van der Waals surface area contributed by atoms with Gasteiger partial charge in [0.2, 0.25) is 0 Å². The number of anilines is 1. The molecule has 1 saturated carbocycles. The van der Waals surface area contributed by atoms with E-state index in [0.717, 1.165) is 25.3 Å². The van der Waals surface area contributed by atoms with Crippen molar-refractivity contribution in [3.8, 4) is 0 Å². The third-order valence-corrected chi connectivity index (χ3v) is 3.72. The molecule has 19 heavy (non-hydrogen) atoms. The lowest BCUT2D eigenvalue weighted by atomic mass is 9.75. The summed E-state index contributed by atoms with van der Waals surface area (Å²) in [5, 5.41) is 14.1. The summed E-state index contributed by atoms with van der Waals surface area (Å²) in [4.78, 5) is 10.4. The van der Waals surface area contributed by atoms with E-state index < -0.39 is 10.7 Å². The minimum atomic E-state index is -0.582. The highest BCUT2D eigenvalue weighted by molar-refractivity contribution is 5.61. The summed E-state index contributed by atoms with van der Waals surface area (Å²) in [7, 11) is 0. The Morgan fingerprint density at radius 2 is 2.21 bits per heavy atom. The van der Waals surface area contributed by atoms with Crippen LogP contribution >= 0.6 is 0 Å². The fourth-order valence-corrected chi connectivity index (χ4v) is 2.82. The van der Waals surface area contributed by atoms with Crippen LogP contribution in [0.2, 0.25) is 0 Å². The average molecular weight is 266 g/mol. The number of halogens is 1. The second-order valence-corrected chi connectivity index (χ2v) is 6.02. The summed E-state index contributed by atoms with van der Waals surface area (Å²) in [6.45, 7) is 4.42. The van der Waals surface area contributed by atoms with E-state index in [9.17, 15) is 14.5 Å². The summed E-state index contributed by atoms with van der Waals surface area (Å²) in [5.41, 5.74) is 0.475.